The van der Waals surface area contributed by atoms with Gasteiger partial charge in [0.05, 0.1) is 56.4 Å². The van der Waals surface area contributed by atoms with E-state index >= 15 is 0 Å². The van der Waals surface area contributed by atoms with Crippen molar-refractivity contribution in [2.75, 3.05) is 57.9 Å². The van der Waals surface area contributed by atoms with E-state index < -0.39 is 15.6 Å². The molecule has 0 spiro atoms. The van der Waals surface area contributed by atoms with E-state index in [0.717, 1.165) is 50.1 Å². The van der Waals surface area contributed by atoms with Gasteiger partial charge in [0.1, 0.15) is 17.2 Å². The second-order valence-corrected chi connectivity index (χ2v) is 13.8. The summed E-state index contributed by atoms with van der Waals surface area (Å²) in [6, 6.07) is 16.4. The molecule has 3 aromatic rings. The normalized spacial score (nSPS) is 21.2. The van der Waals surface area contributed by atoms with E-state index in [1.807, 2.05) is 31.2 Å². The number of anilines is 1. The van der Waals surface area contributed by atoms with Crippen LogP contribution in [0.3, 0.4) is 0 Å². The molecule has 2 saturated heterocycles. The van der Waals surface area contributed by atoms with Gasteiger partial charge in [0, 0.05) is 11.1 Å². The zero-order chi connectivity index (χ0) is 31.6. The maximum Gasteiger partial charge on any atom is 0.281 e. The van der Waals surface area contributed by atoms with Crippen LogP contribution in [0.1, 0.15) is 49.3 Å². The number of methoxy groups -OCH3 is 2. The number of piperidine rings is 2. The molecule has 0 amide bonds. The van der Waals surface area contributed by atoms with Crippen LogP contribution in [0.5, 0.6) is 17.2 Å². The molecular formula is C34H41N5O5S. The molecule has 1 N–H and O–H groups in total. The molecule has 0 radical (unpaired) electrons. The first-order valence-electron chi connectivity index (χ1n) is 15.7. The van der Waals surface area contributed by atoms with Crippen molar-refractivity contribution in [3.8, 4) is 23.3 Å². The van der Waals surface area contributed by atoms with Crippen LogP contribution in [0.2, 0.25) is 0 Å². The molecule has 3 aliphatic heterocycles. The average molecular weight is 632 g/mol. The SMILES string of the molecule is CCOc1ccc(OC)cc1C1(N2CCC(C3CCNCC3)CC2)CN(S(=O)(=O)c2ccc(OC)cn2)c2ccc(C#N)cc21. The number of ether oxygens (including phenoxy) is 3. The van der Waals surface area contributed by atoms with Gasteiger partial charge in [0.25, 0.3) is 10.0 Å². The largest absolute Gasteiger partial charge is 0.497 e. The van der Waals surface area contributed by atoms with Gasteiger partial charge in [-0.25, -0.2) is 4.98 Å². The Labute approximate surface area is 266 Å². The summed E-state index contributed by atoms with van der Waals surface area (Å²) in [5, 5.41) is 13.4. The predicted octanol–water partition coefficient (Wildman–Crippen LogP) is 4.53. The molecule has 2 fully saturated rings. The van der Waals surface area contributed by atoms with E-state index in [9.17, 15) is 13.7 Å². The third kappa shape index (κ3) is 5.60. The number of nitrogens with one attached hydrogen (secondary N) is 1. The lowest BCUT2D eigenvalue weighted by atomic mass is 9.76. The van der Waals surface area contributed by atoms with Crippen molar-refractivity contribution in [1.82, 2.24) is 15.2 Å². The maximum atomic E-state index is 14.4. The van der Waals surface area contributed by atoms with Gasteiger partial charge in [-0.05, 0) is 119 Å². The summed E-state index contributed by atoms with van der Waals surface area (Å²) in [4.78, 5) is 6.69. The van der Waals surface area contributed by atoms with Crippen LogP contribution in [0.15, 0.2) is 59.8 Å². The highest BCUT2D eigenvalue weighted by Crippen LogP contribution is 2.53. The summed E-state index contributed by atoms with van der Waals surface area (Å²) in [7, 11) is -0.966. The van der Waals surface area contributed by atoms with Gasteiger partial charge in [-0.15, -0.1) is 0 Å². The van der Waals surface area contributed by atoms with E-state index in [-0.39, 0.29) is 11.6 Å². The number of benzene rings is 2. The predicted molar refractivity (Wildman–Crippen MR) is 171 cm³/mol. The molecule has 0 aliphatic carbocycles. The molecule has 3 aliphatic rings. The van der Waals surface area contributed by atoms with Gasteiger partial charge in [-0.3, -0.25) is 9.21 Å². The summed E-state index contributed by atoms with van der Waals surface area (Å²) in [5.74, 6) is 3.09. The topological polar surface area (TPSA) is 117 Å². The third-order valence-electron chi connectivity index (χ3n) is 9.77. The van der Waals surface area contributed by atoms with Crippen molar-refractivity contribution in [3.05, 3.63) is 71.4 Å². The van der Waals surface area contributed by atoms with Crippen molar-refractivity contribution < 1.29 is 22.6 Å². The Morgan fingerprint density at radius 2 is 1.67 bits per heavy atom. The molecule has 4 heterocycles. The van der Waals surface area contributed by atoms with E-state index in [0.29, 0.717) is 46.9 Å². The molecule has 238 valence electrons. The van der Waals surface area contributed by atoms with Gasteiger partial charge >= 0.3 is 0 Å². The summed E-state index contributed by atoms with van der Waals surface area (Å²) in [6.45, 7) is 6.16. The number of hydrogen-bond donors (Lipinski definition) is 1. The monoisotopic (exact) mass is 631 g/mol. The second-order valence-electron chi connectivity index (χ2n) is 12.0. The summed E-state index contributed by atoms with van der Waals surface area (Å²) in [6.07, 6.45) is 5.82. The molecular weight excluding hydrogens is 590 g/mol. The highest BCUT2D eigenvalue weighted by molar-refractivity contribution is 7.92. The Bertz CT molecular complexity index is 1660. The van der Waals surface area contributed by atoms with Crippen LogP contribution in [-0.2, 0) is 15.6 Å². The van der Waals surface area contributed by atoms with Crippen LogP contribution < -0.4 is 23.8 Å². The quantitative estimate of drug-likeness (QED) is 0.364. The summed E-state index contributed by atoms with van der Waals surface area (Å²) in [5.41, 5.74) is 1.62. The van der Waals surface area contributed by atoms with Crippen molar-refractivity contribution in [3.63, 3.8) is 0 Å². The molecule has 1 aromatic heterocycles. The van der Waals surface area contributed by atoms with Crippen LogP contribution in [-0.4, -0.2) is 71.9 Å². The number of likely N-dealkylation sites (tertiary alicyclic amines) is 1. The lowest BCUT2D eigenvalue weighted by molar-refractivity contribution is 0.0618. The first-order chi connectivity index (χ1) is 21.8. The second kappa shape index (κ2) is 12.9. The van der Waals surface area contributed by atoms with Crippen LogP contribution >= 0.6 is 0 Å². The highest BCUT2D eigenvalue weighted by Gasteiger charge is 2.54. The molecule has 6 rings (SSSR count). The van der Waals surface area contributed by atoms with Gasteiger partial charge < -0.3 is 19.5 Å². The standard InChI is InChI=1S/C34H41N5O5S/c1-4-44-32-9-6-27(42-2)20-30(32)34(38-17-13-26(14-18-38)25-11-15-36-16-12-25)23-39(31-8-5-24(21-35)19-29(31)34)45(40,41)33-10-7-28(43-3)22-37-33/h5-10,19-20,22,25-26,36H,4,11-18,23H2,1-3H3. The Hall–Kier alpha value is -3.85. The Kier molecular flexibility index (Phi) is 8.91. The van der Waals surface area contributed by atoms with Crippen molar-refractivity contribution >= 4 is 15.7 Å². The number of rotatable bonds is 9. The van der Waals surface area contributed by atoms with E-state index in [1.165, 1.54) is 36.5 Å². The van der Waals surface area contributed by atoms with E-state index in [4.69, 9.17) is 14.2 Å². The fourth-order valence-electron chi connectivity index (χ4n) is 7.48. The number of nitrogens with zero attached hydrogens (tertiary/aromatic N) is 4. The zero-order valence-corrected chi connectivity index (χ0v) is 27.0. The Morgan fingerprint density at radius 1 is 0.956 bits per heavy atom. The molecule has 45 heavy (non-hydrogen) atoms. The summed E-state index contributed by atoms with van der Waals surface area (Å²) >= 11 is 0. The van der Waals surface area contributed by atoms with E-state index in [1.54, 1.807) is 25.3 Å². The van der Waals surface area contributed by atoms with E-state index in [2.05, 4.69) is 21.3 Å². The zero-order valence-electron chi connectivity index (χ0n) is 26.2. The number of sulfonamides is 1. The first-order valence-corrected chi connectivity index (χ1v) is 17.1. The third-order valence-corrected chi connectivity index (χ3v) is 11.4. The average Bonchev–Trinajstić information content (AvgIpc) is 3.45. The number of aromatic nitrogens is 1. The molecule has 1 atom stereocenters. The summed E-state index contributed by atoms with van der Waals surface area (Å²) < 4.78 is 47.5. The number of fused-ring (bicyclic) bond motifs is 1. The maximum absolute atomic E-state index is 14.4. The molecule has 0 bridgehead atoms. The Balaban J connectivity index is 1.52. The molecule has 2 aromatic carbocycles. The number of pyridine rings is 1. The lowest BCUT2D eigenvalue weighted by Gasteiger charge is -2.47. The molecule has 0 saturated carbocycles. The smallest absolute Gasteiger partial charge is 0.281 e. The van der Waals surface area contributed by atoms with Gasteiger partial charge in [-0.2, -0.15) is 13.7 Å². The first kappa shape index (κ1) is 31.1. The number of nitriles is 1. The van der Waals surface area contributed by atoms with Crippen molar-refractivity contribution in [2.45, 2.75) is 43.2 Å². The minimum absolute atomic E-state index is 0.0744. The van der Waals surface area contributed by atoms with Crippen LogP contribution in [0, 0.1) is 23.2 Å². The Morgan fingerprint density at radius 3 is 2.31 bits per heavy atom. The minimum atomic E-state index is -4.11. The molecule has 1 unspecified atom stereocenters. The fraction of sp³-hybridized carbons (Fsp3) is 0.471. The fourth-order valence-corrected chi connectivity index (χ4v) is 8.91. The van der Waals surface area contributed by atoms with Gasteiger partial charge in [0.15, 0.2) is 5.03 Å². The van der Waals surface area contributed by atoms with Gasteiger partial charge in [0.2, 0.25) is 0 Å². The van der Waals surface area contributed by atoms with Crippen LogP contribution in [0.4, 0.5) is 5.69 Å². The lowest BCUT2D eigenvalue weighted by Crippen LogP contribution is -2.54. The number of hydrogen-bond acceptors (Lipinski definition) is 9. The van der Waals surface area contributed by atoms with Crippen molar-refractivity contribution in [1.29, 1.82) is 5.26 Å². The van der Waals surface area contributed by atoms with Crippen LogP contribution in [0.25, 0.3) is 0 Å². The molecule has 10 nitrogen and oxygen atoms in total. The molecule has 11 heteroatoms. The van der Waals surface area contributed by atoms with Gasteiger partial charge in [-0.1, -0.05) is 0 Å². The minimum Gasteiger partial charge on any atom is -0.497 e. The van der Waals surface area contributed by atoms with Crippen molar-refractivity contribution in [2.24, 2.45) is 11.8 Å². The highest BCUT2D eigenvalue weighted by atomic mass is 32.2.